The Bertz CT molecular complexity index is 343. The van der Waals surface area contributed by atoms with Gasteiger partial charge in [0.25, 0.3) is 0 Å². The second-order valence-corrected chi connectivity index (χ2v) is 7.35. The quantitative estimate of drug-likeness (QED) is 0.824. The summed E-state index contributed by atoms with van der Waals surface area (Å²) in [4.78, 5) is 0. The first kappa shape index (κ1) is 15.2. The van der Waals surface area contributed by atoms with Gasteiger partial charge in [0.2, 0.25) is 10.0 Å². The number of nitrogens with two attached hydrogens (primary N) is 1. The van der Waals surface area contributed by atoms with Crippen molar-refractivity contribution in [3.8, 4) is 0 Å². The largest absolute Gasteiger partial charge is 0.330 e. The Kier molecular flexibility index (Phi) is 5.25. The van der Waals surface area contributed by atoms with Crippen LogP contribution in [0.1, 0.15) is 32.6 Å². The first-order chi connectivity index (χ1) is 7.53. The minimum absolute atomic E-state index is 0. The van der Waals surface area contributed by atoms with E-state index in [1.807, 2.05) is 6.92 Å². The van der Waals surface area contributed by atoms with E-state index in [2.05, 4.69) is 0 Å². The van der Waals surface area contributed by atoms with Crippen molar-refractivity contribution in [2.75, 3.05) is 18.8 Å². The summed E-state index contributed by atoms with van der Waals surface area (Å²) in [6, 6.07) is 0.137. The smallest absolute Gasteiger partial charge is 0.214 e. The van der Waals surface area contributed by atoms with Crippen molar-refractivity contribution in [3.05, 3.63) is 0 Å². The van der Waals surface area contributed by atoms with Crippen LogP contribution in [0.15, 0.2) is 0 Å². The molecule has 2 atom stereocenters. The Labute approximate surface area is 110 Å². The van der Waals surface area contributed by atoms with Crippen molar-refractivity contribution in [2.24, 2.45) is 17.6 Å². The minimum atomic E-state index is -3.03. The van der Waals surface area contributed by atoms with Crippen LogP contribution in [0.5, 0.6) is 0 Å². The second-order valence-electron chi connectivity index (χ2n) is 5.30. The van der Waals surface area contributed by atoms with E-state index in [0.717, 1.165) is 12.8 Å². The maximum atomic E-state index is 12.1. The molecule has 2 aliphatic rings. The Balaban J connectivity index is 0.00000144. The van der Waals surface area contributed by atoms with E-state index >= 15 is 0 Å². The zero-order valence-corrected chi connectivity index (χ0v) is 12.0. The molecule has 2 rings (SSSR count). The van der Waals surface area contributed by atoms with Crippen LogP contribution in [0.2, 0.25) is 0 Å². The summed E-state index contributed by atoms with van der Waals surface area (Å²) in [5, 5.41) is 0. The highest BCUT2D eigenvalue weighted by molar-refractivity contribution is 7.89. The average molecular weight is 283 g/mol. The van der Waals surface area contributed by atoms with Crippen LogP contribution in [-0.4, -0.2) is 37.6 Å². The lowest BCUT2D eigenvalue weighted by atomic mass is 10.1. The highest BCUT2D eigenvalue weighted by Crippen LogP contribution is 2.34. The van der Waals surface area contributed by atoms with Gasteiger partial charge in [-0.15, -0.1) is 12.4 Å². The first-order valence-electron chi connectivity index (χ1n) is 6.22. The maximum absolute atomic E-state index is 12.1. The molecule has 0 amide bonds. The first-order valence-corrected chi connectivity index (χ1v) is 7.83. The zero-order chi connectivity index (χ0) is 11.8. The molecular weight excluding hydrogens is 260 g/mol. The molecule has 102 valence electrons. The summed E-state index contributed by atoms with van der Waals surface area (Å²) in [7, 11) is -3.03. The summed E-state index contributed by atoms with van der Waals surface area (Å²) in [5.74, 6) is 1.36. The fourth-order valence-electron chi connectivity index (χ4n) is 2.51. The molecule has 2 unspecified atom stereocenters. The third-order valence-corrected chi connectivity index (χ3v) is 5.75. The molecule has 2 fully saturated rings. The molecule has 1 saturated carbocycles. The lowest BCUT2D eigenvalue weighted by molar-refractivity contribution is 0.403. The molecule has 2 N–H and O–H groups in total. The van der Waals surface area contributed by atoms with Gasteiger partial charge < -0.3 is 5.73 Å². The molecule has 6 heteroatoms. The van der Waals surface area contributed by atoms with Crippen LogP contribution in [-0.2, 0) is 10.0 Å². The number of hydrogen-bond donors (Lipinski definition) is 1. The molecule has 0 bridgehead atoms. The topological polar surface area (TPSA) is 63.4 Å². The monoisotopic (exact) mass is 282 g/mol. The van der Waals surface area contributed by atoms with E-state index in [4.69, 9.17) is 5.73 Å². The van der Waals surface area contributed by atoms with Crippen LogP contribution in [0.25, 0.3) is 0 Å². The molecule has 1 heterocycles. The van der Waals surface area contributed by atoms with Crippen LogP contribution in [0.4, 0.5) is 0 Å². The Morgan fingerprint density at radius 3 is 2.41 bits per heavy atom. The van der Waals surface area contributed by atoms with Gasteiger partial charge in [0.1, 0.15) is 0 Å². The molecule has 0 spiro atoms. The second kappa shape index (κ2) is 5.87. The van der Waals surface area contributed by atoms with E-state index < -0.39 is 10.0 Å². The highest BCUT2D eigenvalue weighted by Gasteiger charge is 2.36. The van der Waals surface area contributed by atoms with Crippen molar-refractivity contribution in [2.45, 2.75) is 38.6 Å². The van der Waals surface area contributed by atoms with Gasteiger partial charge in [0.15, 0.2) is 0 Å². The van der Waals surface area contributed by atoms with Gasteiger partial charge in [0, 0.05) is 12.6 Å². The van der Waals surface area contributed by atoms with Gasteiger partial charge in [-0.1, -0.05) is 12.8 Å². The van der Waals surface area contributed by atoms with Gasteiger partial charge in [-0.05, 0) is 38.1 Å². The van der Waals surface area contributed by atoms with E-state index in [9.17, 15) is 8.42 Å². The van der Waals surface area contributed by atoms with E-state index in [0.29, 0.717) is 30.7 Å². The van der Waals surface area contributed by atoms with E-state index in [-0.39, 0.29) is 18.4 Å². The molecule has 1 saturated heterocycles. The number of halogens is 1. The number of nitrogens with zero attached hydrogens (tertiary/aromatic N) is 1. The predicted octanol–water partition coefficient (Wildman–Crippen LogP) is 1.21. The Morgan fingerprint density at radius 2 is 1.94 bits per heavy atom. The van der Waals surface area contributed by atoms with Gasteiger partial charge in [-0.2, -0.15) is 4.31 Å². The van der Waals surface area contributed by atoms with Crippen LogP contribution in [0, 0.1) is 11.8 Å². The van der Waals surface area contributed by atoms with Crippen molar-refractivity contribution >= 4 is 22.4 Å². The number of hydrogen-bond acceptors (Lipinski definition) is 3. The lowest BCUT2D eigenvalue weighted by Crippen LogP contribution is -2.36. The van der Waals surface area contributed by atoms with E-state index in [1.54, 1.807) is 4.31 Å². The molecule has 0 aromatic heterocycles. The summed E-state index contributed by atoms with van der Waals surface area (Å²) >= 11 is 0. The average Bonchev–Trinajstić information content (AvgIpc) is 2.98. The minimum Gasteiger partial charge on any atom is -0.330 e. The van der Waals surface area contributed by atoms with Gasteiger partial charge in [0.05, 0.1) is 5.75 Å². The van der Waals surface area contributed by atoms with Gasteiger partial charge >= 0.3 is 0 Å². The molecular formula is C11H23ClN2O2S. The third-order valence-electron chi connectivity index (χ3n) is 3.78. The van der Waals surface area contributed by atoms with Crippen molar-refractivity contribution < 1.29 is 8.42 Å². The van der Waals surface area contributed by atoms with E-state index in [1.165, 1.54) is 12.8 Å². The number of sulfonamides is 1. The summed E-state index contributed by atoms with van der Waals surface area (Å²) < 4.78 is 25.9. The molecule has 0 radical (unpaired) electrons. The van der Waals surface area contributed by atoms with Crippen molar-refractivity contribution in [1.29, 1.82) is 0 Å². The zero-order valence-electron chi connectivity index (χ0n) is 10.3. The normalized spacial score (nSPS) is 30.2. The molecule has 0 aromatic carbocycles. The van der Waals surface area contributed by atoms with Crippen molar-refractivity contribution in [1.82, 2.24) is 4.31 Å². The lowest BCUT2D eigenvalue weighted by Gasteiger charge is -2.20. The highest BCUT2D eigenvalue weighted by atomic mass is 35.5. The molecule has 1 aliphatic carbocycles. The predicted molar refractivity (Wildman–Crippen MR) is 71.7 cm³/mol. The molecule has 4 nitrogen and oxygen atoms in total. The fourth-order valence-corrected chi connectivity index (χ4v) is 4.44. The fraction of sp³-hybridized carbons (Fsp3) is 1.00. The SMILES string of the molecule is CC1CC(CN)CN1S(=O)(=O)CCC1CC1.Cl. The summed E-state index contributed by atoms with van der Waals surface area (Å²) in [6.07, 6.45) is 4.20. The maximum Gasteiger partial charge on any atom is 0.214 e. The van der Waals surface area contributed by atoms with Crippen LogP contribution in [0.3, 0.4) is 0 Å². The molecule has 17 heavy (non-hydrogen) atoms. The summed E-state index contributed by atoms with van der Waals surface area (Å²) in [5.41, 5.74) is 5.61. The van der Waals surface area contributed by atoms with Crippen LogP contribution < -0.4 is 5.73 Å². The van der Waals surface area contributed by atoms with Crippen molar-refractivity contribution in [3.63, 3.8) is 0 Å². The number of rotatable bonds is 5. The van der Waals surface area contributed by atoms with Crippen LogP contribution >= 0.6 is 12.4 Å². The summed E-state index contributed by atoms with van der Waals surface area (Å²) in [6.45, 7) is 3.22. The molecule has 0 aromatic rings. The van der Waals surface area contributed by atoms with Gasteiger partial charge in [-0.25, -0.2) is 8.42 Å². The third kappa shape index (κ3) is 3.81. The molecule has 1 aliphatic heterocycles. The Morgan fingerprint density at radius 1 is 1.29 bits per heavy atom. The standard InChI is InChI=1S/C11H22N2O2S.ClH/c1-9-6-11(7-12)8-13(9)16(14,15)5-4-10-2-3-10;/h9-11H,2-8,12H2,1H3;1H. The Hall–Kier alpha value is 0.160. The van der Waals surface area contributed by atoms with Gasteiger partial charge in [-0.3, -0.25) is 0 Å².